The topological polar surface area (TPSA) is 46.2 Å². The van der Waals surface area contributed by atoms with E-state index in [9.17, 15) is 5.11 Å². The second-order valence-corrected chi connectivity index (χ2v) is 6.44. The number of aryl methyl sites for hydroxylation is 2. The summed E-state index contributed by atoms with van der Waals surface area (Å²) in [6.07, 6.45) is 5.69. The largest absolute Gasteiger partial charge is 0.385 e. The summed E-state index contributed by atoms with van der Waals surface area (Å²) in [5, 5.41) is 11.3. The van der Waals surface area contributed by atoms with Gasteiger partial charge < -0.3 is 10.8 Å². The number of rotatable bonds is 3. The minimum Gasteiger partial charge on any atom is -0.385 e. The Morgan fingerprint density at radius 2 is 1.84 bits per heavy atom. The molecule has 0 aliphatic heterocycles. The van der Waals surface area contributed by atoms with Gasteiger partial charge in [0.2, 0.25) is 0 Å². The molecule has 0 amide bonds. The molecule has 0 radical (unpaired) electrons. The summed E-state index contributed by atoms with van der Waals surface area (Å²) in [6.45, 7) is 6.69. The van der Waals surface area contributed by atoms with E-state index in [1.807, 2.05) is 6.92 Å². The van der Waals surface area contributed by atoms with Crippen molar-refractivity contribution in [3.05, 3.63) is 34.9 Å². The molecule has 19 heavy (non-hydrogen) atoms. The molecule has 106 valence electrons. The third-order valence-electron chi connectivity index (χ3n) is 5.15. The first-order chi connectivity index (χ1) is 8.93. The first kappa shape index (κ1) is 14.5. The van der Waals surface area contributed by atoms with Crippen molar-refractivity contribution < 1.29 is 5.11 Å². The van der Waals surface area contributed by atoms with E-state index in [0.717, 1.165) is 24.0 Å². The van der Waals surface area contributed by atoms with Crippen LogP contribution in [-0.4, -0.2) is 11.7 Å². The summed E-state index contributed by atoms with van der Waals surface area (Å²) < 4.78 is 0. The normalized spacial score (nSPS) is 21.9. The SMILES string of the molecule is Cc1ccc(C)c(C(C)(O)C2(CN)CCCCC2)c1. The number of aliphatic hydroxyl groups is 1. The van der Waals surface area contributed by atoms with Crippen molar-refractivity contribution in [2.24, 2.45) is 11.1 Å². The van der Waals surface area contributed by atoms with E-state index >= 15 is 0 Å². The Morgan fingerprint density at radius 3 is 2.42 bits per heavy atom. The molecule has 1 saturated carbocycles. The average Bonchev–Trinajstić information content (AvgIpc) is 2.42. The van der Waals surface area contributed by atoms with Crippen molar-refractivity contribution in [2.45, 2.75) is 58.5 Å². The fraction of sp³-hybridized carbons (Fsp3) is 0.647. The molecule has 0 aromatic heterocycles. The molecule has 1 aromatic rings. The van der Waals surface area contributed by atoms with Crippen molar-refractivity contribution >= 4 is 0 Å². The van der Waals surface area contributed by atoms with E-state index in [1.54, 1.807) is 0 Å². The highest BCUT2D eigenvalue weighted by Crippen LogP contribution is 2.49. The van der Waals surface area contributed by atoms with Crippen LogP contribution in [0.15, 0.2) is 18.2 Å². The second-order valence-electron chi connectivity index (χ2n) is 6.44. The molecular weight excluding hydrogens is 234 g/mol. The molecule has 0 bridgehead atoms. The van der Waals surface area contributed by atoms with Gasteiger partial charge in [-0.1, -0.05) is 43.0 Å². The smallest absolute Gasteiger partial charge is 0.0939 e. The molecule has 0 spiro atoms. The molecule has 1 aliphatic rings. The van der Waals surface area contributed by atoms with Crippen molar-refractivity contribution in [3.63, 3.8) is 0 Å². The van der Waals surface area contributed by atoms with Crippen LogP contribution in [0.2, 0.25) is 0 Å². The molecule has 1 unspecified atom stereocenters. The van der Waals surface area contributed by atoms with E-state index < -0.39 is 5.60 Å². The third kappa shape index (κ3) is 2.44. The summed E-state index contributed by atoms with van der Waals surface area (Å²) >= 11 is 0. The number of hydrogen-bond acceptors (Lipinski definition) is 2. The van der Waals surface area contributed by atoms with Gasteiger partial charge in [0, 0.05) is 12.0 Å². The zero-order valence-electron chi connectivity index (χ0n) is 12.5. The molecule has 2 heteroatoms. The van der Waals surface area contributed by atoms with E-state index in [-0.39, 0.29) is 5.41 Å². The monoisotopic (exact) mass is 261 g/mol. The lowest BCUT2D eigenvalue weighted by Crippen LogP contribution is -2.50. The number of nitrogens with two attached hydrogens (primary N) is 1. The standard InChI is InChI=1S/C17H27NO/c1-13-7-8-14(2)15(11-13)16(3,19)17(12-18)9-5-4-6-10-17/h7-8,11,19H,4-6,9-10,12,18H2,1-3H3. The number of benzene rings is 1. The zero-order valence-corrected chi connectivity index (χ0v) is 12.5. The van der Waals surface area contributed by atoms with Crippen LogP contribution in [0.3, 0.4) is 0 Å². The van der Waals surface area contributed by atoms with Crippen LogP contribution in [0.4, 0.5) is 0 Å². The van der Waals surface area contributed by atoms with Crippen molar-refractivity contribution in [1.29, 1.82) is 0 Å². The molecule has 1 atom stereocenters. The fourth-order valence-corrected chi connectivity index (χ4v) is 3.66. The highest BCUT2D eigenvalue weighted by Gasteiger charge is 2.48. The van der Waals surface area contributed by atoms with Crippen LogP contribution < -0.4 is 5.73 Å². The maximum Gasteiger partial charge on any atom is 0.0939 e. The molecule has 1 fully saturated rings. The van der Waals surface area contributed by atoms with Gasteiger partial charge in [-0.3, -0.25) is 0 Å². The minimum atomic E-state index is -0.835. The summed E-state index contributed by atoms with van der Waals surface area (Å²) in [4.78, 5) is 0. The molecule has 2 nitrogen and oxygen atoms in total. The van der Waals surface area contributed by atoms with Crippen LogP contribution in [0.25, 0.3) is 0 Å². The predicted molar refractivity (Wildman–Crippen MR) is 80.1 cm³/mol. The first-order valence-corrected chi connectivity index (χ1v) is 7.43. The van der Waals surface area contributed by atoms with Crippen LogP contribution in [0, 0.1) is 19.3 Å². The molecule has 1 aromatic carbocycles. The van der Waals surface area contributed by atoms with Gasteiger partial charge in [-0.25, -0.2) is 0 Å². The number of hydrogen-bond donors (Lipinski definition) is 2. The Morgan fingerprint density at radius 1 is 1.21 bits per heavy atom. The fourth-order valence-electron chi connectivity index (χ4n) is 3.66. The first-order valence-electron chi connectivity index (χ1n) is 7.43. The quantitative estimate of drug-likeness (QED) is 0.875. The Bertz CT molecular complexity index is 445. The van der Waals surface area contributed by atoms with E-state index in [1.165, 1.54) is 24.8 Å². The summed E-state index contributed by atoms with van der Waals surface area (Å²) in [6, 6.07) is 6.33. The molecule has 0 heterocycles. The second kappa shape index (κ2) is 5.26. The average molecular weight is 261 g/mol. The van der Waals surface area contributed by atoms with Crippen LogP contribution in [0.1, 0.15) is 55.7 Å². The van der Waals surface area contributed by atoms with Gasteiger partial charge in [0.05, 0.1) is 5.60 Å². The van der Waals surface area contributed by atoms with Gasteiger partial charge in [-0.05, 0) is 44.7 Å². The Hall–Kier alpha value is -0.860. The third-order valence-corrected chi connectivity index (χ3v) is 5.15. The van der Waals surface area contributed by atoms with Gasteiger partial charge in [0.25, 0.3) is 0 Å². The van der Waals surface area contributed by atoms with Gasteiger partial charge in [0.15, 0.2) is 0 Å². The zero-order chi connectivity index (χ0) is 14.1. The molecule has 2 rings (SSSR count). The predicted octanol–water partition coefficient (Wildman–Crippen LogP) is 3.42. The highest BCUT2D eigenvalue weighted by atomic mass is 16.3. The van der Waals surface area contributed by atoms with Gasteiger partial charge in [0.1, 0.15) is 0 Å². The maximum absolute atomic E-state index is 11.3. The summed E-state index contributed by atoms with van der Waals surface area (Å²) in [5.41, 5.74) is 8.51. The van der Waals surface area contributed by atoms with Crippen LogP contribution in [-0.2, 0) is 5.60 Å². The molecule has 3 N–H and O–H groups in total. The minimum absolute atomic E-state index is 0.163. The lowest BCUT2D eigenvalue weighted by Gasteiger charge is -2.48. The Balaban J connectivity index is 2.47. The molecule has 0 saturated heterocycles. The van der Waals surface area contributed by atoms with E-state index in [4.69, 9.17) is 5.73 Å². The Kier molecular flexibility index (Phi) is 4.03. The molecular formula is C17H27NO. The van der Waals surface area contributed by atoms with E-state index in [0.29, 0.717) is 6.54 Å². The van der Waals surface area contributed by atoms with Gasteiger partial charge in [-0.15, -0.1) is 0 Å². The van der Waals surface area contributed by atoms with Gasteiger partial charge in [-0.2, -0.15) is 0 Å². The molecule has 1 aliphatic carbocycles. The summed E-state index contributed by atoms with van der Waals surface area (Å²) in [5.74, 6) is 0. The van der Waals surface area contributed by atoms with Crippen LogP contribution in [0.5, 0.6) is 0 Å². The van der Waals surface area contributed by atoms with Crippen molar-refractivity contribution in [2.75, 3.05) is 6.54 Å². The van der Waals surface area contributed by atoms with E-state index in [2.05, 4.69) is 32.0 Å². The highest BCUT2D eigenvalue weighted by molar-refractivity contribution is 5.36. The maximum atomic E-state index is 11.3. The van der Waals surface area contributed by atoms with Crippen molar-refractivity contribution in [3.8, 4) is 0 Å². The van der Waals surface area contributed by atoms with Crippen molar-refractivity contribution in [1.82, 2.24) is 0 Å². The lowest BCUT2D eigenvalue weighted by atomic mass is 9.61. The van der Waals surface area contributed by atoms with Gasteiger partial charge >= 0.3 is 0 Å². The Labute approximate surface area is 117 Å². The summed E-state index contributed by atoms with van der Waals surface area (Å²) in [7, 11) is 0. The van der Waals surface area contributed by atoms with Crippen LogP contribution >= 0.6 is 0 Å². The lowest BCUT2D eigenvalue weighted by molar-refractivity contribution is -0.0923.